The minimum atomic E-state index is 0.151. The molecule has 1 atom stereocenters. The van der Waals surface area contributed by atoms with Crippen molar-refractivity contribution in [2.75, 3.05) is 0 Å². The summed E-state index contributed by atoms with van der Waals surface area (Å²) in [6.07, 6.45) is 3.90. The molecule has 0 saturated heterocycles. The van der Waals surface area contributed by atoms with Gasteiger partial charge in [-0.2, -0.15) is 4.98 Å². The first kappa shape index (κ1) is 12.6. The third-order valence-corrected chi connectivity index (χ3v) is 4.92. The highest BCUT2D eigenvalue weighted by atomic mass is 32.1. The van der Waals surface area contributed by atoms with E-state index in [0.29, 0.717) is 17.8 Å². The lowest BCUT2D eigenvalue weighted by Crippen LogP contribution is -2.20. The molecule has 0 bridgehead atoms. The van der Waals surface area contributed by atoms with Crippen LogP contribution in [0.4, 0.5) is 0 Å². The lowest BCUT2D eigenvalue weighted by atomic mass is 9.86. The molecule has 3 aromatic heterocycles. The van der Waals surface area contributed by atoms with Crippen LogP contribution in [-0.4, -0.2) is 25.4 Å². The Morgan fingerprint density at radius 1 is 1.38 bits per heavy atom. The fourth-order valence-electron chi connectivity index (χ4n) is 2.80. The molecule has 3 heterocycles. The van der Waals surface area contributed by atoms with Crippen molar-refractivity contribution in [3.05, 3.63) is 45.7 Å². The molecular formula is C15H14N4OS. The largest absolute Gasteiger partial charge is 0.294 e. The summed E-state index contributed by atoms with van der Waals surface area (Å²) >= 11 is 1.70. The first-order chi connectivity index (χ1) is 10.2. The lowest BCUT2D eigenvalue weighted by Gasteiger charge is -2.21. The Balaban J connectivity index is 1.80. The van der Waals surface area contributed by atoms with Crippen molar-refractivity contribution in [1.82, 2.24) is 19.6 Å². The summed E-state index contributed by atoms with van der Waals surface area (Å²) in [6, 6.07) is 4.13. The van der Waals surface area contributed by atoms with Gasteiger partial charge in [-0.1, -0.05) is 13.0 Å². The molecule has 0 N–H and O–H groups in total. The predicted molar refractivity (Wildman–Crippen MR) is 79.9 cm³/mol. The summed E-state index contributed by atoms with van der Waals surface area (Å²) in [5, 5.41) is 6.39. The number of aromatic nitrogens is 4. The monoisotopic (exact) mass is 298 g/mol. The molecule has 0 aliphatic heterocycles. The minimum absolute atomic E-state index is 0.151. The van der Waals surface area contributed by atoms with E-state index in [2.05, 4.69) is 26.5 Å². The summed E-state index contributed by atoms with van der Waals surface area (Å²) in [5.41, 5.74) is 1.55. The Kier molecular flexibility index (Phi) is 2.85. The Hall–Kier alpha value is -2.08. The third-order valence-electron chi connectivity index (χ3n) is 3.89. The second-order valence-electron chi connectivity index (χ2n) is 5.27. The van der Waals surface area contributed by atoms with E-state index in [9.17, 15) is 4.79 Å². The first-order valence-electron chi connectivity index (χ1n) is 7.06. The van der Waals surface area contributed by atoms with E-state index in [1.54, 1.807) is 22.0 Å². The summed E-state index contributed by atoms with van der Waals surface area (Å²) in [6.45, 7) is 2.01. The second kappa shape index (κ2) is 4.73. The van der Waals surface area contributed by atoms with E-state index in [1.165, 1.54) is 4.88 Å². The molecule has 106 valence electrons. The Bertz CT molecular complexity index is 822. The van der Waals surface area contributed by atoms with Crippen molar-refractivity contribution in [1.29, 1.82) is 0 Å². The second-order valence-corrected chi connectivity index (χ2v) is 6.25. The molecule has 0 radical (unpaired) electrons. The van der Waals surface area contributed by atoms with Crippen molar-refractivity contribution >= 4 is 22.9 Å². The van der Waals surface area contributed by atoms with Crippen LogP contribution in [0.2, 0.25) is 0 Å². The van der Waals surface area contributed by atoms with Gasteiger partial charge < -0.3 is 0 Å². The van der Waals surface area contributed by atoms with E-state index in [-0.39, 0.29) is 11.7 Å². The van der Waals surface area contributed by atoms with E-state index >= 15 is 0 Å². The van der Waals surface area contributed by atoms with Crippen molar-refractivity contribution in [2.24, 2.45) is 0 Å². The zero-order valence-electron chi connectivity index (χ0n) is 11.6. The van der Waals surface area contributed by atoms with Crippen molar-refractivity contribution in [2.45, 2.75) is 32.1 Å². The predicted octanol–water partition coefficient (Wildman–Crippen LogP) is 2.66. The van der Waals surface area contributed by atoms with Gasteiger partial charge in [0.15, 0.2) is 11.6 Å². The number of fused-ring (bicyclic) bond motifs is 2. The molecule has 1 aliphatic rings. The average molecular weight is 298 g/mol. The van der Waals surface area contributed by atoms with Gasteiger partial charge in [-0.25, -0.2) is 9.50 Å². The molecule has 0 fully saturated rings. The fraction of sp³-hybridized carbons (Fsp3) is 0.333. The van der Waals surface area contributed by atoms with E-state index in [1.807, 2.05) is 13.0 Å². The maximum Gasteiger partial charge on any atom is 0.252 e. The Morgan fingerprint density at radius 2 is 2.29 bits per heavy atom. The van der Waals surface area contributed by atoms with Gasteiger partial charge in [-0.3, -0.25) is 4.79 Å². The summed E-state index contributed by atoms with van der Waals surface area (Å²) in [5.74, 6) is 1.74. The highest BCUT2D eigenvalue weighted by molar-refractivity contribution is 7.10. The standard InChI is InChI=1S/C15H14N4OS/c1-2-14-17-15-16-11-6-9(13-4-3-5-21-13)7-12(20)10(11)8-19(15)18-14/h3-5,8-9H,2,6-7H2,1H3/t9-/m0/s1. The Labute approximate surface area is 125 Å². The SMILES string of the molecule is CCc1nc2nc3c(cn2n1)C(=O)C[C@@H](c1cccs1)C3. The molecule has 0 aromatic carbocycles. The number of hydrogen-bond acceptors (Lipinski definition) is 5. The smallest absolute Gasteiger partial charge is 0.252 e. The molecule has 0 amide bonds. The number of thiophene rings is 1. The molecule has 5 nitrogen and oxygen atoms in total. The van der Waals surface area contributed by atoms with Crippen LogP contribution in [0.1, 0.15) is 46.0 Å². The number of nitrogens with zero attached hydrogens (tertiary/aromatic N) is 4. The van der Waals surface area contributed by atoms with Crippen LogP contribution in [0.5, 0.6) is 0 Å². The maximum atomic E-state index is 12.4. The zero-order valence-corrected chi connectivity index (χ0v) is 12.4. The topological polar surface area (TPSA) is 60.1 Å². The van der Waals surface area contributed by atoms with Gasteiger partial charge in [-0.05, 0) is 17.9 Å². The van der Waals surface area contributed by atoms with Gasteiger partial charge in [-0.15, -0.1) is 16.4 Å². The lowest BCUT2D eigenvalue weighted by molar-refractivity contribution is 0.0963. The van der Waals surface area contributed by atoms with E-state index < -0.39 is 0 Å². The molecule has 4 rings (SSSR count). The highest BCUT2D eigenvalue weighted by Gasteiger charge is 2.29. The summed E-state index contributed by atoms with van der Waals surface area (Å²) < 4.78 is 1.63. The third kappa shape index (κ3) is 2.06. The number of ketones is 1. The normalized spacial score (nSPS) is 18.1. The molecular weight excluding hydrogens is 284 g/mol. The van der Waals surface area contributed by atoms with Crippen LogP contribution in [-0.2, 0) is 12.8 Å². The van der Waals surface area contributed by atoms with Crippen LogP contribution in [0.3, 0.4) is 0 Å². The molecule has 0 unspecified atom stereocenters. The first-order valence-corrected chi connectivity index (χ1v) is 7.94. The molecule has 0 saturated carbocycles. The van der Waals surface area contributed by atoms with Crippen molar-refractivity contribution in [3.63, 3.8) is 0 Å². The molecule has 21 heavy (non-hydrogen) atoms. The number of Topliss-reactive ketones (excluding diaryl/α,β-unsaturated/α-hetero) is 1. The molecule has 3 aromatic rings. The number of hydrogen-bond donors (Lipinski definition) is 0. The number of rotatable bonds is 2. The van der Waals surface area contributed by atoms with Gasteiger partial charge >= 0.3 is 0 Å². The summed E-state index contributed by atoms with van der Waals surface area (Å²) in [7, 11) is 0. The number of aryl methyl sites for hydroxylation is 1. The minimum Gasteiger partial charge on any atom is -0.294 e. The quantitative estimate of drug-likeness (QED) is 0.730. The fourth-order valence-corrected chi connectivity index (χ4v) is 3.63. The van der Waals surface area contributed by atoms with Crippen LogP contribution >= 0.6 is 11.3 Å². The number of carbonyl (C=O) groups excluding carboxylic acids is 1. The number of carbonyl (C=O) groups is 1. The van der Waals surface area contributed by atoms with Gasteiger partial charge in [0.25, 0.3) is 5.78 Å². The van der Waals surface area contributed by atoms with Gasteiger partial charge in [0.05, 0.1) is 11.3 Å². The van der Waals surface area contributed by atoms with Crippen LogP contribution in [0, 0.1) is 0 Å². The Morgan fingerprint density at radius 3 is 3.05 bits per heavy atom. The van der Waals surface area contributed by atoms with Crippen molar-refractivity contribution < 1.29 is 4.79 Å². The van der Waals surface area contributed by atoms with Crippen molar-refractivity contribution in [3.8, 4) is 0 Å². The molecule has 6 heteroatoms. The van der Waals surface area contributed by atoms with Gasteiger partial charge in [0.2, 0.25) is 0 Å². The van der Waals surface area contributed by atoms with Crippen LogP contribution < -0.4 is 0 Å². The maximum absolute atomic E-state index is 12.4. The summed E-state index contributed by atoms with van der Waals surface area (Å²) in [4.78, 5) is 22.6. The average Bonchev–Trinajstić information content (AvgIpc) is 3.14. The molecule has 1 aliphatic carbocycles. The van der Waals surface area contributed by atoms with E-state index in [4.69, 9.17) is 0 Å². The van der Waals surface area contributed by atoms with Gasteiger partial charge in [0, 0.05) is 29.8 Å². The zero-order chi connectivity index (χ0) is 14.4. The van der Waals surface area contributed by atoms with E-state index in [0.717, 1.165) is 24.4 Å². The van der Waals surface area contributed by atoms with Crippen LogP contribution in [0.15, 0.2) is 23.7 Å². The van der Waals surface area contributed by atoms with Gasteiger partial charge in [0.1, 0.15) is 0 Å². The molecule has 0 spiro atoms. The highest BCUT2D eigenvalue weighted by Crippen LogP contribution is 2.34. The van der Waals surface area contributed by atoms with Crippen LogP contribution in [0.25, 0.3) is 5.78 Å².